The monoisotopic (exact) mass is 342 g/mol. The van der Waals surface area contributed by atoms with E-state index in [1.54, 1.807) is 11.8 Å². The third-order valence-electron chi connectivity index (χ3n) is 3.92. The standard InChI is InChI=1S/C14H17F3N6O/c1-9(12(24)22-7-3-2-4-8-22)18-10-5-6-11-19-20-13(14(15,16)17)23(11)21-10/h5-6,9H,2-4,7-8H2,1H3,(H,18,21)/t9-/m1/s1. The third kappa shape index (κ3) is 3.26. The highest BCUT2D eigenvalue weighted by molar-refractivity contribution is 5.84. The van der Waals surface area contributed by atoms with Crippen molar-refractivity contribution in [2.24, 2.45) is 0 Å². The average molecular weight is 342 g/mol. The van der Waals surface area contributed by atoms with Crippen molar-refractivity contribution in [3.63, 3.8) is 0 Å². The van der Waals surface area contributed by atoms with E-state index < -0.39 is 18.0 Å². The zero-order chi connectivity index (χ0) is 17.3. The molecule has 1 atom stereocenters. The van der Waals surface area contributed by atoms with E-state index in [2.05, 4.69) is 20.6 Å². The molecule has 1 fully saturated rings. The van der Waals surface area contributed by atoms with Crippen LogP contribution >= 0.6 is 0 Å². The molecular weight excluding hydrogens is 325 g/mol. The molecule has 1 saturated heterocycles. The fraction of sp³-hybridized carbons (Fsp3) is 0.571. The van der Waals surface area contributed by atoms with Crippen molar-refractivity contribution in [2.45, 2.75) is 38.4 Å². The number of likely N-dealkylation sites (tertiary alicyclic amines) is 1. The summed E-state index contributed by atoms with van der Waals surface area (Å²) in [4.78, 5) is 14.1. The molecule has 1 amide bonds. The van der Waals surface area contributed by atoms with Crippen molar-refractivity contribution in [2.75, 3.05) is 18.4 Å². The van der Waals surface area contributed by atoms with Gasteiger partial charge in [0, 0.05) is 13.1 Å². The number of piperidine rings is 1. The van der Waals surface area contributed by atoms with E-state index >= 15 is 0 Å². The number of amides is 1. The topological polar surface area (TPSA) is 75.4 Å². The molecule has 0 saturated carbocycles. The molecule has 0 aliphatic carbocycles. The first-order valence-electron chi connectivity index (χ1n) is 7.71. The van der Waals surface area contributed by atoms with Crippen LogP contribution in [0.5, 0.6) is 0 Å². The summed E-state index contributed by atoms with van der Waals surface area (Å²) in [7, 11) is 0. The van der Waals surface area contributed by atoms with E-state index in [0.29, 0.717) is 17.6 Å². The molecule has 0 unspecified atom stereocenters. The lowest BCUT2D eigenvalue weighted by Crippen LogP contribution is -2.44. The summed E-state index contributed by atoms with van der Waals surface area (Å²) in [6, 6.07) is 2.26. The van der Waals surface area contributed by atoms with Gasteiger partial charge in [0.15, 0.2) is 5.65 Å². The highest BCUT2D eigenvalue weighted by atomic mass is 19.4. The van der Waals surface area contributed by atoms with Gasteiger partial charge in [-0.25, -0.2) is 0 Å². The van der Waals surface area contributed by atoms with Gasteiger partial charge in [0.25, 0.3) is 5.82 Å². The molecule has 3 heterocycles. The zero-order valence-corrected chi connectivity index (χ0v) is 13.0. The first kappa shape index (κ1) is 16.5. The predicted molar refractivity (Wildman–Crippen MR) is 79.3 cm³/mol. The maximum atomic E-state index is 12.9. The Morgan fingerprint density at radius 3 is 2.58 bits per heavy atom. The van der Waals surface area contributed by atoms with Gasteiger partial charge in [-0.15, -0.1) is 15.3 Å². The normalized spacial score (nSPS) is 17.1. The van der Waals surface area contributed by atoms with Crippen LogP contribution in [-0.4, -0.2) is 49.7 Å². The van der Waals surface area contributed by atoms with Crippen LogP contribution < -0.4 is 5.32 Å². The van der Waals surface area contributed by atoms with Gasteiger partial charge in [-0.1, -0.05) is 0 Å². The Labute approximate surface area is 135 Å². The molecule has 0 spiro atoms. The first-order chi connectivity index (χ1) is 11.4. The molecule has 1 aliphatic rings. The quantitative estimate of drug-likeness (QED) is 0.923. The van der Waals surface area contributed by atoms with E-state index in [9.17, 15) is 18.0 Å². The minimum Gasteiger partial charge on any atom is -0.357 e. The zero-order valence-electron chi connectivity index (χ0n) is 13.0. The Hall–Kier alpha value is -2.39. The molecule has 1 N–H and O–H groups in total. The number of alkyl halides is 3. The van der Waals surface area contributed by atoms with E-state index in [4.69, 9.17) is 0 Å². The van der Waals surface area contributed by atoms with Gasteiger partial charge >= 0.3 is 6.18 Å². The summed E-state index contributed by atoms with van der Waals surface area (Å²) >= 11 is 0. The van der Waals surface area contributed by atoms with Crippen LogP contribution in [-0.2, 0) is 11.0 Å². The predicted octanol–water partition coefficient (Wildman–Crippen LogP) is 1.96. The lowest BCUT2D eigenvalue weighted by atomic mass is 10.1. The maximum Gasteiger partial charge on any atom is 0.453 e. The third-order valence-corrected chi connectivity index (χ3v) is 3.92. The van der Waals surface area contributed by atoms with Crippen LogP contribution in [0.3, 0.4) is 0 Å². The Morgan fingerprint density at radius 2 is 1.92 bits per heavy atom. The summed E-state index contributed by atoms with van der Waals surface area (Å²) in [5.41, 5.74) is -0.0112. The second-order valence-corrected chi connectivity index (χ2v) is 5.76. The Balaban J connectivity index is 1.78. The molecular formula is C14H17F3N6O. The number of carbonyl (C=O) groups is 1. The molecule has 3 rings (SSSR count). The molecule has 0 radical (unpaired) electrons. The van der Waals surface area contributed by atoms with Crippen molar-refractivity contribution in [1.82, 2.24) is 24.7 Å². The molecule has 130 valence electrons. The fourth-order valence-electron chi connectivity index (χ4n) is 2.71. The molecule has 0 bridgehead atoms. The van der Waals surface area contributed by atoms with Crippen molar-refractivity contribution in [3.05, 3.63) is 18.0 Å². The summed E-state index contributed by atoms with van der Waals surface area (Å²) in [6.45, 7) is 3.08. The minimum atomic E-state index is -4.65. The van der Waals surface area contributed by atoms with Gasteiger partial charge < -0.3 is 10.2 Å². The lowest BCUT2D eigenvalue weighted by molar-refractivity contribution is -0.146. The molecule has 2 aromatic rings. The Kier molecular flexibility index (Phi) is 4.29. The molecule has 2 aromatic heterocycles. The van der Waals surface area contributed by atoms with E-state index in [1.807, 2.05) is 0 Å². The van der Waals surface area contributed by atoms with Gasteiger partial charge in [0.05, 0.1) is 0 Å². The van der Waals surface area contributed by atoms with Gasteiger partial charge in [-0.05, 0) is 38.3 Å². The highest BCUT2D eigenvalue weighted by Gasteiger charge is 2.37. The number of nitrogens with zero attached hydrogens (tertiary/aromatic N) is 5. The number of hydrogen-bond acceptors (Lipinski definition) is 5. The Morgan fingerprint density at radius 1 is 1.21 bits per heavy atom. The summed E-state index contributed by atoms with van der Waals surface area (Å²) < 4.78 is 39.2. The van der Waals surface area contributed by atoms with Gasteiger partial charge in [0.1, 0.15) is 11.9 Å². The molecule has 24 heavy (non-hydrogen) atoms. The van der Waals surface area contributed by atoms with Crippen LogP contribution in [0.2, 0.25) is 0 Å². The van der Waals surface area contributed by atoms with Crippen LogP contribution in [0.1, 0.15) is 32.0 Å². The first-order valence-corrected chi connectivity index (χ1v) is 7.71. The highest BCUT2D eigenvalue weighted by Crippen LogP contribution is 2.27. The fourth-order valence-corrected chi connectivity index (χ4v) is 2.71. The second-order valence-electron chi connectivity index (χ2n) is 5.76. The molecule has 10 heteroatoms. The minimum absolute atomic E-state index is 0.0112. The number of nitrogens with one attached hydrogen (secondary N) is 1. The van der Waals surface area contributed by atoms with E-state index in [0.717, 1.165) is 19.3 Å². The number of anilines is 1. The lowest BCUT2D eigenvalue weighted by Gasteiger charge is -2.29. The van der Waals surface area contributed by atoms with Gasteiger partial charge in [0.2, 0.25) is 5.91 Å². The van der Waals surface area contributed by atoms with Crippen LogP contribution in [0.15, 0.2) is 12.1 Å². The number of halogens is 3. The largest absolute Gasteiger partial charge is 0.453 e. The van der Waals surface area contributed by atoms with E-state index in [-0.39, 0.29) is 17.4 Å². The average Bonchev–Trinajstić information content (AvgIpc) is 2.98. The molecule has 7 nitrogen and oxygen atoms in total. The number of hydrogen-bond donors (Lipinski definition) is 1. The number of fused-ring (bicyclic) bond motifs is 1. The molecule has 0 aromatic carbocycles. The van der Waals surface area contributed by atoms with Crippen molar-refractivity contribution < 1.29 is 18.0 Å². The van der Waals surface area contributed by atoms with Crippen LogP contribution in [0, 0.1) is 0 Å². The van der Waals surface area contributed by atoms with E-state index in [1.165, 1.54) is 12.1 Å². The van der Waals surface area contributed by atoms with Crippen molar-refractivity contribution >= 4 is 17.4 Å². The summed E-state index contributed by atoms with van der Waals surface area (Å²) in [6.07, 6.45) is -1.60. The number of aromatic nitrogens is 4. The maximum absolute atomic E-state index is 12.9. The number of carbonyl (C=O) groups excluding carboxylic acids is 1. The van der Waals surface area contributed by atoms with Gasteiger partial charge in [-0.3, -0.25) is 4.79 Å². The van der Waals surface area contributed by atoms with Crippen LogP contribution in [0.25, 0.3) is 5.65 Å². The van der Waals surface area contributed by atoms with Crippen molar-refractivity contribution in [1.29, 1.82) is 0 Å². The van der Waals surface area contributed by atoms with Crippen molar-refractivity contribution in [3.8, 4) is 0 Å². The Bertz CT molecular complexity index is 738. The summed E-state index contributed by atoms with van der Waals surface area (Å²) in [5.74, 6) is -1.13. The smallest absolute Gasteiger partial charge is 0.357 e. The number of rotatable bonds is 3. The van der Waals surface area contributed by atoms with Gasteiger partial charge in [-0.2, -0.15) is 17.7 Å². The second kappa shape index (κ2) is 6.25. The molecule has 1 aliphatic heterocycles. The van der Waals surface area contributed by atoms with Crippen LogP contribution in [0.4, 0.5) is 19.0 Å². The summed E-state index contributed by atoms with van der Waals surface area (Å²) in [5, 5.41) is 13.3. The SMILES string of the molecule is C[C@@H](Nc1ccc2nnc(C(F)(F)F)n2n1)C(=O)N1CCCCC1.